The lowest BCUT2D eigenvalue weighted by Gasteiger charge is -2.35. The highest BCUT2D eigenvalue weighted by atomic mass is 79.9. The van der Waals surface area contributed by atoms with Gasteiger partial charge in [-0.05, 0) is 26.8 Å². The Hall–Kier alpha value is -0.390. The Kier molecular flexibility index (Phi) is 4.81. The lowest BCUT2D eigenvalue weighted by atomic mass is 10.2. The summed E-state index contributed by atoms with van der Waals surface area (Å²) in [6.07, 6.45) is 2.65. The van der Waals surface area contributed by atoms with E-state index in [-0.39, 0.29) is 0 Å². The highest BCUT2D eigenvalue weighted by molar-refractivity contribution is 9.09. The van der Waals surface area contributed by atoms with E-state index in [9.17, 15) is 0 Å². The molecule has 0 N–H and O–H groups in total. The van der Waals surface area contributed by atoms with Gasteiger partial charge in [0.2, 0.25) is 0 Å². The summed E-state index contributed by atoms with van der Waals surface area (Å²) >= 11 is 3.50. The minimum Gasteiger partial charge on any atom is -0.372 e. The predicted molar refractivity (Wildman–Crippen MR) is 76.0 cm³/mol. The van der Waals surface area contributed by atoms with Crippen molar-refractivity contribution in [3.63, 3.8) is 0 Å². The minimum absolute atomic E-state index is 0.293. The Morgan fingerprint density at radius 2 is 2.28 bits per heavy atom. The molecule has 1 aliphatic heterocycles. The summed E-state index contributed by atoms with van der Waals surface area (Å²) in [4.78, 5) is 2.42. The molecular weight excluding hydrogens is 294 g/mol. The van der Waals surface area contributed by atoms with Crippen molar-refractivity contribution in [2.45, 2.75) is 45.6 Å². The van der Waals surface area contributed by atoms with Gasteiger partial charge in [0.15, 0.2) is 0 Å². The zero-order chi connectivity index (χ0) is 13.1. The molecule has 102 valence electrons. The fourth-order valence-electron chi connectivity index (χ4n) is 2.33. The summed E-state index contributed by atoms with van der Waals surface area (Å²) in [6, 6.07) is 2.54. The van der Waals surface area contributed by atoms with Crippen LogP contribution in [0.3, 0.4) is 0 Å². The molecule has 18 heavy (non-hydrogen) atoms. The first-order chi connectivity index (χ1) is 8.58. The van der Waals surface area contributed by atoms with Crippen LogP contribution in [-0.2, 0) is 11.3 Å². The topological polar surface area (TPSA) is 30.3 Å². The summed E-state index contributed by atoms with van der Waals surface area (Å²) in [5.41, 5.74) is 1.14. The first-order valence-electron chi connectivity index (χ1n) is 6.56. The van der Waals surface area contributed by atoms with Gasteiger partial charge in [0.25, 0.3) is 0 Å². The van der Waals surface area contributed by atoms with Crippen molar-refractivity contribution in [3.8, 4) is 0 Å². The number of aromatic nitrogens is 2. The van der Waals surface area contributed by atoms with Crippen LogP contribution in [0.15, 0.2) is 12.3 Å². The average molecular weight is 316 g/mol. The van der Waals surface area contributed by atoms with Crippen LogP contribution in [0.5, 0.6) is 0 Å². The average Bonchev–Trinajstić information content (AvgIpc) is 2.76. The molecule has 0 amide bonds. The van der Waals surface area contributed by atoms with E-state index in [0.717, 1.165) is 30.7 Å². The lowest BCUT2D eigenvalue weighted by Crippen LogP contribution is -2.46. The molecule has 0 bridgehead atoms. The summed E-state index contributed by atoms with van der Waals surface area (Å²) in [7, 11) is 0. The van der Waals surface area contributed by atoms with Crippen LogP contribution < -0.4 is 0 Å². The normalized spacial score (nSPS) is 25.8. The van der Waals surface area contributed by atoms with Crippen molar-refractivity contribution in [1.29, 1.82) is 0 Å². The molecule has 0 aliphatic carbocycles. The van der Waals surface area contributed by atoms with E-state index in [4.69, 9.17) is 4.74 Å². The van der Waals surface area contributed by atoms with Crippen molar-refractivity contribution in [1.82, 2.24) is 14.7 Å². The number of rotatable bonds is 4. The van der Waals surface area contributed by atoms with Gasteiger partial charge >= 0.3 is 0 Å². The standard InChI is InChI=1S/C13H22BrN3O/c1-10(2)17-5-4-12(15-17)8-16-7-11(3)18-13(6-14)9-16/h4-5,10-11,13H,6-9H2,1-3H3. The molecule has 0 saturated carbocycles. The van der Waals surface area contributed by atoms with Crippen LogP contribution in [0.1, 0.15) is 32.5 Å². The smallest absolute Gasteiger partial charge is 0.0802 e. The second kappa shape index (κ2) is 6.17. The van der Waals surface area contributed by atoms with Gasteiger partial charge < -0.3 is 4.74 Å². The number of hydrogen-bond acceptors (Lipinski definition) is 3. The van der Waals surface area contributed by atoms with Crippen molar-refractivity contribution in [2.75, 3.05) is 18.4 Å². The zero-order valence-corrected chi connectivity index (χ0v) is 12.9. The first kappa shape index (κ1) is 14.0. The molecule has 2 heterocycles. The van der Waals surface area contributed by atoms with E-state index in [1.54, 1.807) is 0 Å². The second-order valence-corrected chi connectivity index (χ2v) is 5.95. The fourth-order valence-corrected chi connectivity index (χ4v) is 2.69. The Morgan fingerprint density at radius 3 is 2.89 bits per heavy atom. The number of ether oxygens (including phenoxy) is 1. The van der Waals surface area contributed by atoms with Crippen molar-refractivity contribution >= 4 is 15.9 Å². The Morgan fingerprint density at radius 1 is 1.50 bits per heavy atom. The lowest BCUT2D eigenvalue weighted by molar-refractivity contribution is -0.0681. The van der Waals surface area contributed by atoms with Gasteiger partial charge in [0.05, 0.1) is 17.9 Å². The zero-order valence-electron chi connectivity index (χ0n) is 11.3. The minimum atomic E-state index is 0.293. The van der Waals surface area contributed by atoms with Gasteiger partial charge in [-0.25, -0.2) is 0 Å². The monoisotopic (exact) mass is 315 g/mol. The maximum Gasteiger partial charge on any atom is 0.0802 e. The Labute approximate surface area is 117 Å². The van der Waals surface area contributed by atoms with Gasteiger partial charge in [0.1, 0.15) is 0 Å². The van der Waals surface area contributed by atoms with Gasteiger partial charge in [-0.15, -0.1) is 0 Å². The molecule has 1 aromatic heterocycles. The van der Waals surface area contributed by atoms with Crippen LogP contribution in [0.2, 0.25) is 0 Å². The van der Waals surface area contributed by atoms with Gasteiger partial charge in [-0.2, -0.15) is 5.10 Å². The molecule has 0 spiro atoms. The summed E-state index contributed by atoms with van der Waals surface area (Å²) < 4.78 is 7.85. The third kappa shape index (κ3) is 3.56. The summed E-state index contributed by atoms with van der Waals surface area (Å²) in [5, 5.41) is 5.50. The molecule has 1 aromatic rings. The molecule has 0 radical (unpaired) electrons. The van der Waals surface area contributed by atoms with E-state index >= 15 is 0 Å². The van der Waals surface area contributed by atoms with Gasteiger partial charge in [0, 0.05) is 37.2 Å². The van der Waals surface area contributed by atoms with E-state index in [0.29, 0.717) is 18.2 Å². The van der Waals surface area contributed by atoms with Gasteiger partial charge in [-0.3, -0.25) is 9.58 Å². The molecule has 2 unspecified atom stereocenters. The maximum absolute atomic E-state index is 5.83. The second-order valence-electron chi connectivity index (χ2n) is 5.30. The number of nitrogens with zero attached hydrogens (tertiary/aromatic N) is 3. The van der Waals surface area contributed by atoms with Crippen LogP contribution in [0, 0.1) is 0 Å². The molecule has 4 nitrogen and oxygen atoms in total. The third-order valence-electron chi connectivity index (χ3n) is 3.15. The van der Waals surface area contributed by atoms with Gasteiger partial charge in [-0.1, -0.05) is 15.9 Å². The van der Waals surface area contributed by atoms with Crippen LogP contribution in [0.4, 0.5) is 0 Å². The van der Waals surface area contributed by atoms with Crippen LogP contribution >= 0.6 is 15.9 Å². The number of alkyl halides is 1. The predicted octanol–water partition coefficient (Wildman–Crippen LogP) is 2.45. The quantitative estimate of drug-likeness (QED) is 0.800. The Balaban J connectivity index is 1.95. The summed E-state index contributed by atoms with van der Waals surface area (Å²) in [6.45, 7) is 9.30. The van der Waals surface area contributed by atoms with Crippen molar-refractivity contribution in [3.05, 3.63) is 18.0 Å². The maximum atomic E-state index is 5.83. The van der Waals surface area contributed by atoms with E-state index in [1.807, 2.05) is 4.68 Å². The largest absolute Gasteiger partial charge is 0.372 e. The molecular formula is C13H22BrN3O. The van der Waals surface area contributed by atoms with E-state index in [2.05, 4.69) is 59.0 Å². The molecule has 1 fully saturated rings. The van der Waals surface area contributed by atoms with Crippen LogP contribution in [0.25, 0.3) is 0 Å². The molecule has 1 aliphatic rings. The highest BCUT2D eigenvalue weighted by Crippen LogP contribution is 2.15. The summed E-state index contributed by atoms with van der Waals surface area (Å²) in [5.74, 6) is 0. The van der Waals surface area contributed by atoms with Crippen molar-refractivity contribution in [2.24, 2.45) is 0 Å². The molecule has 1 saturated heterocycles. The highest BCUT2D eigenvalue weighted by Gasteiger charge is 2.24. The first-order valence-corrected chi connectivity index (χ1v) is 7.68. The Bertz CT molecular complexity index is 380. The molecule has 2 rings (SSSR count). The van der Waals surface area contributed by atoms with Crippen molar-refractivity contribution < 1.29 is 4.74 Å². The fraction of sp³-hybridized carbons (Fsp3) is 0.769. The molecule has 5 heteroatoms. The molecule has 2 atom stereocenters. The molecule has 0 aromatic carbocycles. The van der Waals surface area contributed by atoms with Crippen LogP contribution in [-0.4, -0.2) is 45.3 Å². The third-order valence-corrected chi connectivity index (χ3v) is 3.87. The number of hydrogen-bond donors (Lipinski definition) is 0. The van der Waals surface area contributed by atoms with E-state index in [1.165, 1.54) is 0 Å². The number of morpholine rings is 1. The number of halogens is 1. The SMILES string of the molecule is CC1CN(Cc2ccn(C(C)C)n2)CC(CBr)O1. The van der Waals surface area contributed by atoms with E-state index < -0.39 is 0 Å².